The van der Waals surface area contributed by atoms with E-state index in [9.17, 15) is 4.39 Å². The Morgan fingerprint density at radius 3 is 2.57 bits per heavy atom. The Bertz CT molecular complexity index is 858. The molecule has 1 aliphatic carbocycles. The van der Waals surface area contributed by atoms with Gasteiger partial charge in [-0.15, -0.1) is 10.2 Å². The van der Waals surface area contributed by atoms with E-state index < -0.39 is 0 Å². The third kappa shape index (κ3) is 2.56. The van der Waals surface area contributed by atoms with E-state index >= 15 is 0 Å². The van der Waals surface area contributed by atoms with Crippen LogP contribution in [0.5, 0.6) is 11.5 Å². The largest absolute Gasteiger partial charge is 0.457 e. The maximum Gasteiger partial charge on any atom is 0.204 e. The van der Waals surface area contributed by atoms with Gasteiger partial charge >= 0.3 is 0 Å². The molecule has 116 valence electrons. The number of hydrogen-bond acceptors (Lipinski definition) is 4. The molecule has 0 atom stereocenters. The van der Waals surface area contributed by atoms with E-state index in [-0.39, 0.29) is 5.82 Å². The summed E-state index contributed by atoms with van der Waals surface area (Å²) in [5.41, 5.74) is 2.65. The number of tetrazole rings is 1. The minimum atomic E-state index is -0.131. The van der Waals surface area contributed by atoms with Crippen LogP contribution in [0.1, 0.15) is 17.5 Å². The predicted octanol–water partition coefficient (Wildman–Crippen LogP) is 3.30. The van der Waals surface area contributed by atoms with Gasteiger partial charge in [0.25, 0.3) is 0 Å². The summed E-state index contributed by atoms with van der Waals surface area (Å²) in [5.74, 6) is 1.89. The van der Waals surface area contributed by atoms with Crippen molar-refractivity contribution in [3.05, 3.63) is 53.3 Å². The van der Waals surface area contributed by atoms with Gasteiger partial charge in [0.15, 0.2) is 0 Å². The number of benzene rings is 2. The predicted molar refractivity (Wildman–Crippen MR) is 82.7 cm³/mol. The van der Waals surface area contributed by atoms with Gasteiger partial charge in [0, 0.05) is 11.1 Å². The van der Waals surface area contributed by atoms with E-state index in [4.69, 9.17) is 4.74 Å². The van der Waals surface area contributed by atoms with Crippen molar-refractivity contribution in [2.75, 3.05) is 0 Å². The van der Waals surface area contributed by atoms with Crippen LogP contribution < -0.4 is 4.74 Å². The Morgan fingerprint density at radius 2 is 1.83 bits per heavy atom. The fraction of sp³-hybridized carbons (Fsp3) is 0.235. The van der Waals surface area contributed by atoms with E-state index in [1.807, 2.05) is 24.3 Å². The molecule has 0 saturated carbocycles. The monoisotopic (exact) mass is 310 g/mol. The van der Waals surface area contributed by atoms with Crippen LogP contribution in [0.2, 0.25) is 0 Å². The average Bonchev–Trinajstić information content (AvgIpc) is 3.20. The molecule has 0 fully saturated rings. The van der Waals surface area contributed by atoms with Crippen molar-refractivity contribution in [1.29, 1.82) is 0 Å². The van der Waals surface area contributed by atoms with Gasteiger partial charge in [-0.05, 0) is 66.4 Å². The highest BCUT2D eigenvalue weighted by Crippen LogP contribution is 2.35. The number of nitrogens with zero attached hydrogens (tertiary/aromatic N) is 4. The van der Waals surface area contributed by atoms with Crippen molar-refractivity contribution in [3.8, 4) is 22.9 Å². The lowest BCUT2D eigenvalue weighted by Gasteiger charge is -2.11. The molecule has 0 aliphatic heterocycles. The zero-order valence-electron chi connectivity index (χ0n) is 12.7. The summed E-state index contributed by atoms with van der Waals surface area (Å²) in [5, 5.41) is 12.0. The van der Waals surface area contributed by atoms with E-state index in [2.05, 4.69) is 15.4 Å². The molecule has 5 nitrogen and oxygen atoms in total. The fourth-order valence-corrected chi connectivity index (χ4v) is 2.92. The van der Waals surface area contributed by atoms with Crippen molar-refractivity contribution in [1.82, 2.24) is 20.2 Å². The molecule has 6 heteroatoms. The highest BCUT2D eigenvalue weighted by Gasteiger charge is 2.20. The van der Waals surface area contributed by atoms with Crippen LogP contribution in [0.4, 0.5) is 4.39 Å². The molecule has 3 aromatic rings. The molecule has 1 aromatic heterocycles. The summed E-state index contributed by atoms with van der Waals surface area (Å²) < 4.78 is 19.7. The minimum absolute atomic E-state index is 0.131. The Hall–Kier alpha value is -2.76. The first-order chi connectivity index (χ1) is 11.2. The molecule has 0 unspecified atom stereocenters. The van der Waals surface area contributed by atoms with Crippen LogP contribution in [0, 0.1) is 5.82 Å². The molecule has 0 radical (unpaired) electrons. The SMILES string of the molecule is Cn1nnc(-c2ccc(Oc3ccc(F)c4c3CCC4)cc2)n1. The van der Waals surface area contributed by atoms with Crippen molar-refractivity contribution in [3.63, 3.8) is 0 Å². The van der Waals surface area contributed by atoms with Gasteiger partial charge < -0.3 is 4.74 Å². The third-order valence-corrected chi connectivity index (χ3v) is 4.03. The van der Waals surface area contributed by atoms with Crippen molar-refractivity contribution in [2.24, 2.45) is 7.05 Å². The van der Waals surface area contributed by atoms with Gasteiger partial charge in [0.05, 0.1) is 7.05 Å². The lowest BCUT2D eigenvalue weighted by molar-refractivity contribution is 0.474. The molecule has 1 heterocycles. The van der Waals surface area contributed by atoms with Crippen molar-refractivity contribution in [2.45, 2.75) is 19.3 Å². The van der Waals surface area contributed by atoms with E-state index in [0.29, 0.717) is 11.6 Å². The van der Waals surface area contributed by atoms with Crippen LogP contribution >= 0.6 is 0 Å². The molecule has 0 spiro atoms. The second-order valence-electron chi connectivity index (χ2n) is 5.59. The maximum absolute atomic E-state index is 13.8. The molecule has 23 heavy (non-hydrogen) atoms. The zero-order chi connectivity index (χ0) is 15.8. The van der Waals surface area contributed by atoms with Crippen LogP contribution in [-0.2, 0) is 19.9 Å². The number of ether oxygens (including phenoxy) is 1. The lowest BCUT2D eigenvalue weighted by Crippen LogP contribution is -1.94. The molecule has 0 amide bonds. The number of rotatable bonds is 3. The second-order valence-corrected chi connectivity index (χ2v) is 5.59. The normalized spacial score (nSPS) is 13.1. The number of fused-ring (bicyclic) bond motifs is 1. The molecule has 0 saturated heterocycles. The molecule has 0 bridgehead atoms. The van der Waals surface area contributed by atoms with Crippen LogP contribution in [0.15, 0.2) is 36.4 Å². The van der Waals surface area contributed by atoms with Crippen molar-refractivity contribution >= 4 is 0 Å². The Morgan fingerprint density at radius 1 is 1.04 bits per heavy atom. The van der Waals surface area contributed by atoms with Gasteiger partial charge in [-0.3, -0.25) is 0 Å². The Balaban J connectivity index is 1.59. The van der Waals surface area contributed by atoms with Crippen molar-refractivity contribution < 1.29 is 9.13 Å². The highest BCUT2D eigenvalue weighted by molar-refractivity contribution is 5.55. The first kappa shape index (κ1) is 13.9. The third-order valence-electron chi connectivity index (χ3n) is 4.03. The van der Waals surface area contributed by atoms with Gasteiger partial charge in [0.1, 0.15) is 17.3 Å². The first-order valence-corrected chi connectivity index (χ1v) is 7.53. The molecule has 2 aromatic carbocycles. The van der Waals surface area contributed by atoms with Crippen LogP contribution in [0.25, 0.3) is 11.4 Å². The Labute approximate surface area is 132 Å². The number of halogens is 1. The van der Waals surface area contributed by atoms with E-state index in [0.717, 1.165) is 41.7 Å². The smallest absolute Gasteiger partial charge is 0.204 e. The van der Waals surface area contributed by atoms with Gasteiger partial charge in [-0.25, -0.2) is 4.39 Å². The summed E-state index contributed by atoms with van der Waals surface area (Å²) >= 11 is 0. The molecular formula is C17H15FN4O. The maximum atomic E-state index is 13.8. The first-order valence-electron chi connectivity index (χ1n) is 7.53. The van der Waals surface area contributed by atoms with Crippen LogP contribution in [0.3, 0.4) is 0 Å². The van der Waals surface area contributed by atoms with Crippen LogP contribution in [-0.4, -0.2) is 20.2 Å². The average molecular weight is 310 g/mol. The zero-order valence-corrected chi connectivity index (χ0v) is 12.7. The topological polar surface area (TPSA) is 52.8 Å². The lowest BCUT2D eigenvalue weighted by atomic mass is 10.1. The summed E-state index contributed by atoms with van der Waals surface area (Å²) in [6, 6.07) is 10.7. The fourth-order valence-electron chi connectivity index (χ4n) is 2.92. The Kier molecular flexibility index (Phi) is 3.29. The highest BCUT2D eigenvalue weighted by atomic mass is 19.1. The number of hydrogen-bond donors (Lipinski definition) is 0. The molecule has 4 rings (SSSR count). The van der Waals surface area contributed by atoms with Gasteiger partial charge in [-0.2, -0.15) is 4.80 Å². The summed E-state index contributed by atoms with van der Waals surface area (Å²) in [4.78, 5) is 1.42. The summed E-state index contributed by atoms with van der Waals surface area (Å²) in [6.45, 7) is 0. The minimum Gasteiger partial charge on any atom is -0.457 e. The standard InChI is InChI=1S/C17H15FN4O/c1-22-20-17(19-21-22)11-5-7-12(8-6-11)23-16-10-9-15(18)13-3-2-4-14(13)16/h5-10H,2-4H2,1H3. The molecule has 1 aliphatic rings. The van der Waals surface area contributed by atoms with E-state index in [1.54, 1.807) is 13.1 Å². The number of aromatic nitrogens is 4. The van der Waals surface area contributed by atoms with Gasteiger partial charge in [-0.1, -0.05) is 0 Å². The summed E-state index contributed by atoms with van der Waals surface area (Å²) in [6.07, 6.45) is 2.63. The number of aryl methyl sites for hydroxylation is 1. The quantitative estimate of drug-likeness (QED) is 0.745. The molecule has 0 N–H and O–H groups in total. The van der Waals surface area contributed by atoms with Gasteiger partial charge in [0.2, 0.25) is 5.82 Å². The summed E-state index contributed by atoms with van der Waals surface area (Å²) in [7, 11) is 1.73. The second kappa shape index (κ2) is 5.46. The van der Waals surface area contributed by atoms with E-state index in [1.165, 1.54) is 10.9 Å². The molecular weight excluding hydrogens is 295 g/mol.